The average Bonchev–Trinajstić information content (AvgIpc) is 3.12. The molecule has 7 heteroatoms. The molecule has 0 radical (unpaired) electrons. The number of anilines is 1. The smallest absolute Gasteiger partial charge is 0.339 e. The third-order valence-electron chi connectivity index (χ3n) is 4.12. The minimum atomic E-state index is -0.227. The van der Waals surface area contributed by atoms with Gasteiger partial charge in [-0.1, -0.05) is 24.3 Å². The summed E-state index contributed by atoms with van der Waals surface area (Å²) in [6.07, 6.45) is 3.39. The number of para-hydroxylation sites is 1. The van der Waals surface area contributed by atoms with Gasteiger partial charge in [-0.05, 0) is 30.3 Å². The Kier molecular flexibility index (Phi) is 4.33. The maximum atomic E-state index is 12.9. The maximum absolute atomic E-state index is 12.9. The van der Waals surface area contributed by atoms with Crippen molar-refractivity contribution in [2.45, 2.75) is 6.61 Å². The molecule has 27 heavy (non-hydrogen) atoms. The molecule has 3 aromatic heterocycles. The predicted molar refractivity (Wildman–Crippen MR) is 104 cm³/mol. The molecule has 0 N–H and O–H groups in total. The lowest BCUT2D eigenvalue weighted by Crippen LogP contribution is -2.25. The zero-order chi connectivity index (χ0) is 18.8. The summed E-state index contributed by atoms with van der Waals surface area (Å²) < 4.78 is 8.73. The molecule has 3 heterocycles. The molecule has 0 aliphatic rings. The van der Waals surface area contributed by atoms with Crippen LogP contribution in [-0.2, 0) is 6.61 Å². The summed E-state index contributed by atoms with van der Waals surface area (Å²) in [4.78, 5) is 23.8. The van der Waals surface area contributed by atoms with E-state index in [0.29, 0.717) is 23.8 Å². The quantitative estimate of drug-likeness (QED) is 0.547. The number of aromatic nitrogens is 4. The van der Waals surface area contributed by atoms with Crippen molar-refractivity contribution in [3.63, 3.8) is 0 Å². The summed E-state index contributed by atoms with van der Waals surface area (Å²) in [5.41, 5.74) is 1.03. The van der Waals surface area contributed by atoms with Crippen LogP contribution >= 0.6 is 0 Å². The van der Waals surface area contributed by atoms with Gasteiger partial charge in [0, 0.05) is 26.5 Å². The highest BCUT2D eigenvalue weighted by molar-refractivity contribution is 5.43. The van der Waals surface area contributed by atoms with Crippen LogP contribution in [0.5, 0.6) is 5.75 Å². The molecule has 136 valence electrons. The van der Waals surface area contributed by atoms with E-state index in [1.165, 1.54) is 8.97 Å². The van der Waals surface area contributed by atoms with Crippen molar-refractivity contribution in [2.75, 3.05) is 19.0 Å². The molecule has 4 aromatic rings. The van der Waals surface area contributed by atoms with Crippen LogP contribution < -0.4 is 15.3 Å². The molecule has 0 fully saturated rings. The van der Waals surface area contributed by atoms with Crippen molar-refractivity contribution >= 4 is 11.5 Å². The highest BCUT2D eigenvalue weighted by Crippen LogP contribution is 2.13. The van der Waals surface area contributed by atoms with E-state index in [4.69, 9.17) is 4.74 Å². The molecule has 4 rings (SSSR count). The number of hydrogen-bond acceptors (Lipinski definition) is 5. The average molecular weight is 361 g/mol. The number of nitrogens with zero attached hydrogens (tertiary/aromatic N) is 5. The van der Waals surface area contributed by atoms with Gasteiger partial charge in [-0.15, -0.1) is 0 Å². The zero-order valence-corrected chi connectivity index (χ0v) is 15.1. The summed E-state index contributed by atoms with van der Waals surface area (Å²) in [6, 6.07) is 16.9. The van der Waals surface area contributed by atoms with Crippen molar-refractivity contribution in [1.29, 1.82) is 0 Å². The molecule has 0 spiro atoms. The first-order valence-electron chi connectivity index (χ1n) is 8.54. The summed E-state index contributed by atoms with van der Waals surface area (Å²) >= 11 is 0. The lowest BCUT2D eigenvalue weighted by Gasteiger charge is -2.13. The van der Waals surface area contributed by atoms with Gasteiger partial charge in [0.2, 0.25) is 0 Å². The Balaban J connectivity index is 1.66. The molecular weight excluding hydrogens is 342 g/mol. The molecule has 0 saturated carbocycles. The van der Waals surface area contributed by atoms with Crippen molar-refractivity contribution in [2.24, 2.45) is 0 Å². The Bertz CT molecular complexity index is 1130. The standard InChI is InChI=1S/C20H19N5O2/c1-23(2)17-9-6-10-18(22-17)24-12-11-19-21-15(13-25(19)20(24)26)14-27-16-7-4-3-5-8-16/h3-13H,14H2,1-2H3. The van der Waals surface area contributed by atoms with Crippen molar-refractivity contribution in [3.05, 3.63) is 83.2 Å². The monoisotopic (exact) mass is 361 g/mol. The predicted octanol–water partition coefficient (Wildman–Crippen LogP) is 2.53. The largest absolute Gasteiger partial charge is 0.487 e. The molecule has 0 bridgehead atoms. The third kappa shape index (κ3) is 3.39. The molecule has 0 atom stereocenters. The van der Waals surface area contributed by atoms with Gasteiger partial charge in [0.1, 0.15) is 29.6 Å². The van der Waals surface area contributed by atoms with Crippen molar-refractivity contribution in [3.8, 4) is 11.6 Å². The number of hydrogen-bond donors (Lipinski definition) is 0. The van der Waals surface area contributed by atoms with Gasteiger partial charge in [-0.25, -0.2) is 14.8 Å². The Labute approximate surface area is 156 Å². The van der Waals surface area contributed by atoms with Gasteiger partial charge in [0.05, 0.1) is 5.69 Å². The molecule has 7 nitrogen and oxygen atoms in total. The molecule has 0 unspecified atom stereocenters. The van der Waals surface area contributed by atoms with E-state index in [1.54, 1.807) is 24.5 Å². The minimum Gasteiger partial charge on any atom is -0.487 e. The summed E-state index contributed by atoms with van der Waals surface area (Å²) in [5.74, 6) is 2.10. The van der Waals surface area contributed by atoms with Crippen molar-refractivity contribution < 1.29 is 4.74 Å². The van der Waals surface area contributed by atoms with E-state index in [1.807, 2.05) is 61.5 Å². The van der Waals surface area contributed by atoms with Gasteiger partial charge in [0.25, 0.3) is 0 Å². The normalized spacial score (nSPS) is 10.9. The van der Waals surface area contributed by atoms with Crippen molar-refractivity contribution in [1.82, 2.24) is 18.9 Å². The fraction of sp³-hybridized carbons (Fsp3) is 0.150. The number of benzene rings is 1. The van der Waals surface area contributed by atoms with Gasteiger partial charge >= 0.3 is 5.69 Å². The first-order valence-corrected chi connectivity index (χ1v) is 8.54. The third-order valence-corrected chi connectivity index (χ3v) is 4.12. The SMILES string of the molecule is CN(C)c1cccc(-n2ccc3nc(COc4ccccc4)cn3c2=O)n1. The first kappa shape index (κ1) is 16.8. The number of rotatable bonds is 5. The van der Waals surface area contributed by atoms with Crippen LogP contribution in [-0.4, -0.2) is 33.0 Å². The van der Waals surface area contributed by atoms with Gasteiger partial charge in [-0.3, -0.25) is 8.97 Å². The van der Waals surface area contributed by atoms with Gasteiger partial charge < -0.3 is 9.64 Å². The Morgan fingerprint density at radius 2 is 1.81 bits per heavy atom. The van der Waals surface area contributed by atoms with E-state index in [2.05, 4.69) is 9.97 Å². The van der Waals surface area contributed by atoms with Crippen LogP contribution in [0.15, 0.2) is 71.8 Å². The van der Waals surface area contributed by atoms with Gasteiger partial charge in [-0.2, -0.15) is 0 Å². The zero-order valence-electron chi connectivity index (χ0n) is 15.1. The number of pyridine rings is 1. The first-order chi connectivity index (χ1) is 13.1. The second kappa shape index (κ2) is 6.95. The summed E-state index contributed by atoms with van der Waals surface area (Å²) in [5, 5.41) is 0. The van der Waals surface area contributed by atoms with Crippen LogP contribution in [0.1, 0.15) is 5.69 Å². The molecule has 0 amide bonds. The molecule has 0 aliphatic carbocycles. The second-order valence-corrected chi connectivity index (χ2v) is 6.28. The van der Waals surface area contributed by atoms with Crippen LogP contribution in [0, 0.1) is 0 Å². The fourth-order valence-corrected chi connectivity index (χ4v) is 2.75. The summed E-state index contributed by atoms with van der Waals surface area (Å²) in [7, 11) is 3.82. The Morgan fingerprint density at radius 3 is 2.59 bits per heavy atom. The minimum absolute atomic E-state index is 0.227. The fourth-order valence-electron chi connectivity index (χ4n) is 2.75. The topological polar surface area (TPSA) is 64.7 Å². The van der Waals surface area contributed by atoms with Crippen LogP contribution in [0.2, 0.25) is 0 Å². The highest BCUT2D eigenvalue weighted by Gasteiger charge is 2.10. The lowest BCUT2D eigenvalue weighted by atomic mass is 10.3. The second-order valence-electron chi connectivity index (χ2n) is 6.28. The molecular formula is C20H19N5O2. The van der Waals surface area contributed by atoms with E-state index in [0.717, 1.165) is 11.6 Å². The molecule has 1 aromatic carbocycles. The number of ether oxygens (including phenoxy) is 1. The lowest BCUT2D eigenvalue weighted by molar-refractivity contribution is 0.302. The van der Waals surface area contributed by atoms with Crippen LogP contribution in [0.25, 0.3) is 11.5 Å². The Hall–Kier alpha value is -3.61. The summed E-state index contributed by atoms with van der Waals surface area (Å²) in [6.45, 7) is 0.291. The van der Waals surface area contributed by atoms with Crippen LogP contribution in [0.4, 0.5) is 5.82 Å². The van der Waals surface area contributed by atoms with E-state index < -0.39 is 0 Å². The number of fused-ring (bicyclic) bond motifs is 1. The highest BCUT2D eigenvalue weighted by atomic mass is 16.5. The van der Waals surface area contributed by atoms with Gasteiger partial charge in [0.15, 0.2) is 0 Å². The van der Waals surface area contributed by atoms with E-state index in [9.17, 15) is 4.79 Å². The molecule has 0 aliphatic heterocycles. The van der Waals surface area contributed by atoms with Crippen LogP contribution in [0.3, 0.4) is 0 Å². The van der Waals surface area contributed by atoms with E-state index >= 15 is 0 Å². The number of imidazole rings is 1. The molecule has 0 saturated heterocycles. The Morgan fingerprint density at radius 1 is 1.00 bits per heavy atom. The van der Waals surface area contributed by atoms with E-state index in [-0.39, 0.29) is 5.69 Å². The maximum Gasteiger partial charge on any atom is 0.339 e.